The van der Waals surface area contributed by atoms with E-state index in [1.54, 1.807) is 16.8 Å². The summed E-state index contributed by atoms with van der Waals surface area (Å²) in [7, 11) is 0. The van der Waals surface area contributed by atoms with E-state index in [2.05, 4.69) is 9.97 Å². The minimum absolute atomic E-state index is 0.127. The Balaban J connectivity index is 1.92. The number of H-pyrrole nitrogens is 1. The molecule has 4 rings (SSSR count). The van der Waals surface area contributed by atoms with E-state index in [4.69, 9.17) is 14.6 Å². The maximum Gasteiger partial charge on any atom is 0.303 e. The van der Waals surface area contributed by atoms with Gasteiger partial charge >= 0.3 is 6.01 Å². The Morgan fingerprint density at radius 3 is 3.16 bits per heavy atom. The molecule has 0 saturated carbocycles. The van der Waals surface area contributed by atoms with E-state index in [-0.39, 0.29) is 12.6 Å². The SMILES string of the molecule is O=c1nc2n(c3cc[nH]c13)[C@@H]1O[C@H](CO)[C@@H](O)[C@@H]1O2. The van der Waals surface area contributed by atoms with Crippen LogP contribution in [-0.2, 0) is 4.74 Å². The van der Waals surface area contributed by atoms with Crippen LogP contribution in [0, 0.1) is 0 Å². The van der Waals surface area contributed by atoms with Gasteiger partial charge in [0.05, 0.1) is 12.1 Å². The zero-order chi connectivity index (χ0) is 13.1. The van der Waals surface area contributed by atoms with E-state index in [0.717, 1.165) is 0 Å². The smallest absolute Gasteiger partial charge is 0.303 e. The van der Waals surface area contributed by atoms with Gasteiger partial charge in [0, 0.05) is 6.20 Å². The summed E-state index contributed by atoms with van der Waals surface area (Å²) in [6, 6.07) is 1.85. The molecular formula is C11H11N3O5. The van der Waals surface area contributed by atoms with Crippen LogP contribution < -0.4 is 10.3 Å². The first-order valence-electron chi connectivity index (χ1n) is 5.91. The Morgan fingerprint density at radius 1 is 1.53 bits per heavy atom. The second kappa shape index (κ2) is 3.56. The van der Waals surface area contributed by atoms with Gasteiger partial charge in [0.15, 0.2) is 12.3 Å². The van der Waals surface area contributed by atoms with Gasteiger partial charge in [-0.25, -0.2) is 0 Å². The van der Waals surface area contributed by atoms with Gasteiger partial charge in [-0.3, -0.25) is 9.36 Å². The van der Waals surface area contributed by atoms with Gasteiger partial charge in [-0.2, -0.15) is 4.98 Å². The Hall–Kier alpha value is -1.90. The lowest BCUT2D eigenvalue weighted by molar-refractivity contribution is -0.0421. The summed E-state index contributed by atoms with van der Waals surface area (Å²) in [5.41, 5.74) is 0.547. The van der Waals surface area contributed by atoms with Gasteiger partial charge in [0.1, 0.15) is 17.7 Å². The fourth-order valence-corrected chi connectivity index (χ4v) is 2.69. The molecule has 0 aliphatic carbocycles. The van der Waals surface area contributed by atoms with Crippen molar-refractivity contribution in [1.29, 1.82) is 0 Å². The summed E-state index contributed by atoms with van der Waals surface area (Å²) in [6.07, 6.45) is -1.28. The molecule has 2 aromatic heterocycles. The van der Waals surface area contributed by atoms with Crippen LogP contribution in [0.15, 0.2) is 17.1 Å². The van der Waals surface area contributed by atoms with Crippen molar-refractivity contribution in [2.45, 2.75) is 24.5 Å². The number of aromatic amines is 1. The van der Waals surface area contributed by atoms with Gasteiger partial charge in [-0.15, -0.1) is 0 Å². The second-order valence-corrected chi connectivity index (χ2v) is 4.63. The number of nitrogens with zero attached hydrogens (tertiary/aromatic N) is 2. The third kappa shape index (κ3) is 1.28. The van der Waals surface area contributed by atoms with Gasteiger partial charge in [-0.1, -0.05) is 0 Å². The standard InChI is InChI=1S/C11H11N3O5/c15-3-5-7(16)8-10(18-5)14-4-1-2-12-6(4)9(17)13-11(14)19-8/h1-2,5,7-8,10,12,15-16H,3H2/t5-,7-,8+,10-/m1/s1. The fraction of sp³-hybridized carbons (Fsp3) is 0.455. The molecule has 1 saturated heterocycles. The van der Waals surface area contributed by atoms with Crippen molar-refractivity contribution in [3.8, 4) is 6.01 Å². The molecule has 0 radical (unpaired) electrons. The Bertz CT molecular complexity index is 708. The molecule has 2 aliphatic rings. The number of ether oxygens (including phenoxy) is 2. The van der Waals surface area contributed by atoms with Crippen LogP contribution in [0.3, 0.4) is 0 Å². The Kier molecular flexibility index (Phi) is 2.06. The molecule has 4 atom stereocenters. The molecular weight excluding hydrogens is 254 g/mol. The van der Waals surface area contributed by atoms with Gasteiger partial charge < -0.3 is 24.7 Å². The van der Waals surface area contributed by atoms with Crippen LogP contribution in [0.1, 0.15) is 6.23 Å². The summed E-state index contributed by atoms with van der Waals surface area (Å²) in [4.78, 5) is 18.4. The first-order chi connectivity index (χ1) is 9.20. The average molecular weight is 265 g/mol. The number of hydrogen-bond donors (Lipinski definition) is 3. The minimum atomic E-state index is -0.958. The molecule has 0 unspecified atom stereocenters. The van der Waals surface area contributed by atoms with Crippen molar-refractivity contribution in [2.24, 2.45) is 0 Å². The average Bonchev–Trinajstić information content (AvgIpc) is 3.04. The predicted octanol–water partition coefficient (Wildman–Crippen LogP) is -1.26. The van der Waals surface area contributed by atoms with Crippen LogP contribution in [0.2, 0.25) is 0 Å². The third-order valence-corrected chi connectivity index (χ3v) is 3.59. The maximum absolute atomic E-state index is 11.7. The van der Waals surface area contributed by atoms with Gasteiger partial charge in [-0.05, 0) is 6.07 Å². The molecule has 0 amide bonds. The molecule has 8 heteroatoms. The summed E-state index contributed by atoms with van der Waals surface area (Å²) >= 11 is 0. The number of rotatable bonds is 1. The molecule has 19 heavy (non-hydrogen) atoms. The lowest BCUT2D eigenvalue weighted by Gasteiger charge is -2.14. The zero-order valence-electron chi connectivity index (χ0n) is 9.68. The van der Waals surface area contributed by atoms with Crippen LogP contribution in [-0.4, -0.2) is 49.7 Å². The number of hydrogen-bond acceptors (Lipinski definition) is 6. The van der Waals surface area contributed by atoms with Crippen molar-refractivity contribution < 1.29 is 19.7 Å². The van der Waals surface area contributed by atoms with E-state index in [1.165, 1.54) is 0 Å². The number of aliphatic hydroxyl groups is 2. The highest BCUT2D eigenvalue weighted by Crippen LogP contribution is 2.40. The zero-order valence-corrected chi connectivity index (χ0v) is 9.68. The topological polar surface area (TPSA) is 110 Å². The van der Waals surface area contributed by atoms with Crippen LogP contribution >= 0.6 is 0 Å². The van der Waals surface area contributed by atoms with Crippen molar-refractivity contribution in [3.63, 3.8) is 0 Å². The van der Waals surface area contributed by atoms with Gasteiger partial charge in [0.2, 0.25) is 0 Å². The molecule has 0 spiro atoms. The molecule has 2 aromatic rings. The lowest BCUT2D eigenvalue weighted by atomic mass is 10.1. The highest BCUT2D eigenvalue weighted by atomic mass is 16.6. The molecule has 0 bridgehead atoms. The van der Waals surface area contributed by atoms with Crippen molar-refractivity contribution in [2.75, 3.05) is 6.61 Å². The molecule has 1 fully saturated rings. The van der Waals surface area contributed by atoms with E-state index < -0.39 is 30.1 Å². The largest absolute Gasteiger partial charge is 0.453 e. The Morgan fingerprint density at radius 2 is 2.37 bits per heavy atom. The number of nitrogens with one attached hydrogen (secondary N) is 1. The van der Waals surface area contributed by atoms with Crippen LogP contribution in [0.4, 0.5) is 0 Å². The molecule has 2 aliphatic heterocycles. The number of fused-ring (bicyclic) bond motifs is 5. The highest BCUT2D eigenvalue weighted by molar-refractivity contribution is 5.75. The number of aromatic nitrogens is 3. The number of aliphatic hydroxyl groups excluding tert-OH is 2. The molecule has 0 aromatic carbocycles. The summed E-state index contributed by atoms with van der Waals surface area (Å²) < 4.78 is 12.7. The van der Waals surface area contributed by atoms with Crippen molar-refractivity contribution >= 4 is 11.0 Å². The van der Waals surface area contributed by atoms with E-state index >= 15 is 0 Å². The Labute approximate surface area is 106 Å². The summed E-state index contributed by atoms with van der Waals surface area (Å²) in [6.45, 7) is -0.295. The minimum Gasteiger partial charge on any atom is -0.453 e. The van der Waals surface area contributed by atoms with Crippen LogP contribution in [0.5, 0.6) is 6.01 Å². The summed E-state index contributed by atoms with van der Waals surface area (Å²) in [5, 5.41) is 19.1. The molecule has 100 valence electrons. The van der Waals surface area contributed by atoms with E-state index in [0.29, 0.717) is 11.0 Å². The predicted molar refractivity (Wildman–Crippen MR) is 61.8 cm³/mol. The summed E-state index contributed by atoms with van der Waals surface area (Å²) in [5.74, 6) is 0. The van der Waals surface area contributed by atoms with Crippen molar-refractivity contribution in [3.05, 3.63) is 22.6 Å². The molecule has 4 heterocycles. The maximum atomic E-state index is 11.7. The lowest BCUT2D eigenvalue weighted by Crippen LogP contribution is -2.34. The second-order valence-electron chi connectivity index (χ2n) is 4.63. The highest BCUT2D eigenvalue weighted by Gasteiger charge is 2.51. The first kappa shape index (κ1) is 11.0. The monoisotopic (exact) mass is 265 g/mol. The van der Waals surface area contributed by atoms with Crippen molar-refractivity contribution in [1.82, 2.24) is 14.5 Å². The van der Waals surface area contributed by atoms with Gasteiger partial charge in [0.25, 0.3) is 5.56 Å². The first-order valence-corrected chi connectivity index (χ1v) is 5.91. The fourth-order valence-electron chi connectivity index (χ4n) is 2.69. The normalized spacial score (nSPS) is 32.3. The third-order valence-electron chi connectivity index (χ3n) is 3.59. The quantitative estimate of drug-likeness (QED) is 0.593. The molecule has 3 N–H and O–H groups in total. The molecule has 8 nitrogen and oxygen atoms in total. The van der Waals surface area contributed by atoms with E-state index in [1.807, 2.05) is 0 Å². The van der Waals surface area contributed by atoms with E-state index in [9.17, 15) is 9.90 Å². The van der Waals surface area contributed by atoms with Crippen LogP contribution in [0.25, 0.3) is 11.0 Å².